The summed E-state index contributed by atoms with van der Waals surface area (Å²) in [5.74, 6) is 0.286. The minimum atomic E-state index is -0.318. The lowest BCUT2D eigenvalue weighted by atomic mass is 10.2. The standard InChI is InChI=1S/C19H20N6O2/c1-12(11-26)22-19-23-16(15-4-2-3-9-21-15)10-17(25-19)24-18(27)13-5-7-14(20)8-6-13/h2-10,12,26H,11,20H2,1H3,(H2,22,23,24,25,27)/t12-/m1/s1. The third-order valence-corrected chi connectivity index (χ3v) is 3.72. The molecule has 0 spiro atoms. The zero-order valence-corrected chi connectivity index (χ0v) is 14.8. The molecule has 8 heteroatoms. The maximum absolute atomic E-state index is 12.5. The third kappa shape index (κ3) is 4.77. The minimum absolute atomic E-state index is 0.0791. The number of pyridine rings is 1. The fraction of sp³-hybridized carbons (Fsp3) is 0.158. The molecule has 27 heavy (non-hydrogen) atoms. The Kier molecular flexibility index (Phi) is 5.58. The average Bonchev–Trinajstić information content (AvgIpc) is 2.69. The quantitative estimate of drug-likeness (QED) is 0.494. The molecule has 0 aliphatic carbocycles. The molecule has 2 heterocycles. The van der Waals surface area contributed by atoms with Crippen molar-refractivity contribution in [2.45, 2.75) is 13.0 Å². The lowest BCUT2D eigenvalue weighted by molar-refractivity contribution is 0.102. The van der Waals surface area contributed by atoms with Crippen LogP contribution in [0, 0.1) is 0 Å². The molecule has 1 aromatic carbocycles. The molecule has 0 radical (unpaired) electrons. The Morgan fingerprint density at radius 1 is 1.15 bits per heavy atom. The van der Waals surface area contributed by atoms with Gasteiger partial charge in [-0.25, -0.2) is 4.98 Å². The molecule has 1 atom stereocenters. The number of benzene rings is 1. The number of nitrogens with one attached hydrogen (secondary N) is 2. The number of rotatable bonds is 6. The zero-order valence-electron chi connectivity index (χ0n) is 14.8. The van der Waals surface area contributed by atoms with Crippen molar-refractivity contribution < 1.29 is 9.90 Å². The van der Waals surface area contributed by atoms with Crippen LogP contribution < -0.4 is 16.4 Å². The normalized spacial score (nSPS) is 11.6. The van der Waals surface area contributed by atoms with Crippen LogP contribution in [0.4, 0.5) is 17.5 Å². The smallest absolute Gasteiger partial charge is 0.256 e. The van der Waals surface area contributed by atoms with Crippen molar-refractivity contribution in [3.8, 4) is 11.4 Å². The number of anilines is 3. The van der Waals surface area contributed by atoms with Crippen molar-refractivity contribution in [1.29, 1.82) is 0 Å². The van der Waals surface area contributed by atoms with E-state index < -0.39 is 0 Å². The molecular weight excluding hydrogens is 344 g/mol. The first-order chi connectivity index (χ1) is 13.0. The van der Waals surface area contributed by atoms with Gasteiger partial charge in [-0.15, -0.1) is 0 Å². The van der Waals surface area contributed by atoms with Gasteiger partial charge in [0.05, 0.1) is 18.0 Å². The van der Waals surface area contributed by atoms with Crippen LogP contribution in [-0.4, -0.2) is 38.6 Å². The van der Waals surface area contributed by atoms with Gasteiger partial charge in [0.1, 0.15) is 5.82 Å². The number of aromatic nitrogens is 3. The predicted octanol–water partition coefficient (Wildman–Crippen LogP) is 2.17. The van der Waals surface area contributed by atoms with Gasteiger partial charge < -0.3 is 21.5 Å². The minimum Gasteiger partial charge on any atom is -0.399 e. The molecule has 0 unspecified atom stereocenters. The van der Waals surface area contributed by atoms with Gasteiger partial charge in [0, 0.05) is 29.6 Å². The highest BCUT2D eigenvalue weighted by molar-refractivity contribution is 6.04. The van der Waals surface area contributed by atoms with E-state index in [2.05, 4.69) is 25.6 Å². The van der Waals surface area contributed by atoms with Gasteiger partial charge in [0.15, 0.2) is 0 Å². The number of amides is 1. The van der Waals surface area contributed by atoms with Gasteiger partial charge in [-0.05, 0) is 43.3 Å². The second-order valence-electron chi connectivity index (χ2n) is 5.98. The summed E-state index contributed by atoms with van der Waals surface area (Å²) in [6, 6.07) is 13.5. The Balaban J connectivity index is 1.91. The molecule has 0 saturated heterocycles. The maximum atomic E-state index is 12.5. The molecular formula is C19H20N6O2. The first-order valence-corrected chi connectivity index (χ1v) is 8.40. The second-order valence-corrected chi connectivity index (χ2v) is 5.98. The Bertz CT molecular complexity index is 915. The Hall–Kier alpha value is -3.52. The highest BCUT2D eigenvalue weighted by Crippen LogP contribution is 2.20. The van der Waals surface area contributed by atoms with Crippen molar-refractivity contribution in [1.82, 2.24) is 15.0 Å². The Labute approximate surface area is 156 Å². The van der Waals surface area contributed by atoms with E-state index in [-0.39, 0.29) is 24.5 Å². The van der Waals surface area contributed by atoms with Gasteiger partial charge in [-0.1, -0.05) is 6.07 Å². The molecule has 0 saturated carbocycles. The van der Waals surface area contributed by atoms with Crippen LogP contribution in [0.1, 0.15) is 17.3 Å². The summed E-state index contributed by atoms with van der Waals surface area (Å²) in [7, 11) is 0. The summed E-state index contributed by atoms with van der Waals surface area (Å²) in [5.41, 5.74) is 7.88. The molecule has 2 aromatic heterocycles. The van der Waals surface area contributed by atoms with E-state index in [1.165, 1.54) is 0 Å². The molecule has 138 valence electrons. The van der Waals surface area contributed by atoms with Crippen LogP contribution in [0.25, 0.3) is 11.4 Å². The van der Waals surface area contributed by atoms with Gasteiger partial charge in [-0.3, -0.25) is 9.78 Å². The van der Waals surface area contributed by atoms with E-state index in [0.29, 0.717) is 28.5 Å². The molecule has 0 fully saturated rings. The summed E-state index contributed by atoms with van der Waals surface area (Å²) in [6.45, 7) is 1.72. The summed E-state index contributed by atoms with van der Waals surface area (Å²) >= 11 is 0. The topological polar surface area (TPSA) is 126 Å². The first kappa shape index (κ1) is 18.3. The number of carbonyl (C=O) groups excluding carboxylic acids is 1. The molecule has 1 amide bonds. The van der Waals surface area contributed by atoms with Crippen LogP contribution in [0.2, 0.25) is 0 Å². The number of nitrogen functional groups attached to an aromatic ring is 1. The molecule has 3 aromatic rings. The summed E-state index contributed by atoms with van der Waals surface area (Å²) in [4.78, 5) is 25.5. The maximum Gasteiger partial charge on any atom is 0.256 e. The fourth-order valence-electron chi connectivity index (χ4n) is 2.31. The number of nitrogens with two attached hydrogens (primary N) is 1. The van der Waals surface area contributed by atoms with Crippen molar-refractivity contribution in [3.05, 3.63) is 60.3 Å². The number of carbonyl (C=O) groups is 1. The average molecular weight is 364 g/mol. The molecule has 0 bridgehead atoms. The van der Waals surface area contributed by atoms with Crippen LogP contribution in [0.3, 0.4) is 0 Å². The monoisotopic (exact) mass is 364 g/mol. The van der Waals surface area contributed by atoms with Gasteiger partial charge in [-0.2, -0.15) is 4.98 Å². The molecule has 5 N–H and O–H groups in total. The predicted molar refractivity (Wildman–Crippen MR) is 104 cm³/mol. The Morgan fingerprint density at radius 3 is 2.59 bits per heavy atom. The van der Waals surface area contributed by atoms with Gasteiger partial charge in [0.2, 0.25) is 5.95 Å². The number of hydrogen-bond acceptors (Lipinski definition) is 7. The lowest BCUT2D eigenvalue weighted by Gasteiger charge is -2.13. The van der Waals surface area contributed by atoms with Crippen LogP contribution in [-0.2, 0) is 0 Å². The van der Waals surface area contributed by atoms with Crippen LogP contribution in [0.15, 0.2) is 54.7 Å². The second kappa shape index (κ2) is 8.24. The van der Waals surface area contributed by atoms with Crippen molar-refractivity contribution in [2.75, 3.05) is 23.0 Å². The SMILES string of the molecule is C[C@H](CO)Nc1nc(NC(=O)c2ccc(N)cc2)cc(-c2ccccn2)n1. The van der Waals surface area contributed by atoms with Crippen molar-refractivity contribution in [2.24, 2.45) is 0 Å². The van der Waals surface area contributed by atoms with E-state index >= 15 is 0 Å². The lowest BCUT2D eigenvalue weighted by Crippen LogP contribution is -2.22. The highest BCUT2D eigenvalue weighted by atomic mass is 16.3. The van der Waals surface area contributed by atoms with E-state index in [9.17, 15) is 9.90 Å². The Morgan fingerprint density at radius 2 is 1.93 bits per heavy atom. The van der Waals surface area contributed by atoms with Gasteiger partial charge in [0.25, 0.3) is 5.91 Å². The first-order valence-electron chi connectivity index (χ1n) is 8.40. The van der Waals surface area contributed by atoms with E-state index in [1.54, 1.807) is 43.5 Å². The van der Waals surface area contributed by atoms with E-state index in [1.807, 2.05) is 18.2 Å². The number of aliphatic hydroxyl groups is 1. The number of aliphatic hydroxyl groups excluding tert-OH is 1. The summed E-state index contributed by atoms with van der Waals surface area (Å²) in [5, 5.41) is 15.0. The molecule has 0 aliphatic heterocycles. The van der Waals surface area contributed by atoms with Crippen molar-refractivity contribution >= 4 is 23.4 Å². The molecule has 0 aliphatic rings. The number of hydrogen-bond donors (Lipinski definition) is 4. The van der Waals surface area contributed by atoms with Crippen LogP contribution in [0.5, 0.6) is 0 Å². The number of nitrogens with zero attached hydrogens (tertiary/aromatic N) is 3. The van der Waals surface area contributed by atoms with E-state index in [4.69, 9.17) is 5.73 Å². The summed E-state index contributed by atoms with van der Waals surface area (Å²) in [6.07, 6.45) is 1.66. The summed E-state index contributed by atoms with van der Waals surface area (Å²) < 4.78 is 0. The van der Waals surface area contributed by atoms with Crippen LogP contribution >= 0.6 is 0 Å². The van der Waals surface area contributed by atoms with E-state index in [0.717, 1.165) is 0 Å². The van der Waals surface area contributed by atoms with Crippen molar-refractivity contribution in [3.63, 3.8) is 0 Å². The fourth-order valence-corrected chi connectivity index (χ4v) is 2.31. The molecule has 3 rings (SSSR count). The third-order valence-electron chi connectivity index (χ3n) is 3.72. The van der Waals surface area contributed by atoms with Gasteiger partial charge >= 0.3 is 0 Å². The zero-order chi connectivity index (χ0) is 19.2. The molecule has 8 nitrogen and oxygen atoms in total. The largest absolute Gasteiger partial charge is 0.399 e. The highest BCUT2D eigenvalue weighted by Gasteiger charge is 2.12.